The largest absolute Gasteiger partial charge is 0.394 e. The maximum Gasteiger partial charge on any atom is 0.247 e. The molecule has 1 aliphatic heterocycles. The molecule has 18 heavy (non-hydrogen) atoms. The Kier molecular flexibility index (Phi) is 3.61. The van der Waals surface area contributed by atoms with Gasteiger partial charge >= 0.3 is 0 Å². The number of halogens is 1. The molecule has 0 aliphatic carbocycles. The normalized spacial score (nSPS) is 23.2. The van der Waals surface area contributed by atoms with Crippen molar-refractivity contribution >= 4 is 23.2 Å². The average molecular weight is 269 g/mol. The Morgan fingerprint density at radius 2 is 2.28 bits per heavy atom. The van der Waals surface area contributed by atoms with Gasteiger partial charge in [-0.05, 0) is 32.0 Å². The number of nitrogens with zero attached hydrogens (tertiary/aromatic N) is 1. The monoisotopic (exact) mass is 268 g/mol. The van der Waals surface area contributed by atoms with Crippen LogP contribution in [0.15, 0.2) is 24.3 Å². The molecule has 1 atom stereocenters. The lowest BCUT2D eigenvalue weighted by molar-refractivity contribution is -0.124. The van der Waals surface area contributed by atoms with Crippen LogP contribution < -0.4 is 10.2 Å². The molecule has 1 fully saturated rings. The van der Waals surface area contributed by atoms with Crippen molar-refractivity contribution in [3.05, 3.63) is 29.3 Å². The smallest absolute Gasteiger partial charge is 0.247 e. The number of aliphatic hydroxyl groups excluding tert-OH is 1. The molecule has 0 saturated carbocycles. The molecular formula is C13H17ClN2O2. The van der Waals surface area contributed by atoms with E-state index >= 15 is 0 Å². The van der Waals surface area contributed by atoms with Gasteiger partial charge in [0.25, 0.3) is 0 Å². The number of hydrogen-bond donors (Lipinski definition) is 2. The Morgan fingerprint density at radius 3 is 2.89 bits per heavy atom. The third kappa shape index (κ3) is 2.36. The molecule has 1 heterocycles. The Bertz CT molecular complexity index is 462. The molecule has 1 aromatic carbocycles. The van der Waals surface area contributed by atoms with E-state index in [4.69, 9.17) is 11.6 Å². The summed E-state index contributed by atoms with van der Waals surface area (Å²) < 4.78 is 0. The third-order valence-electron chi connectivity index (χ3n) is 3.15. The van der Waals surface area contributed by atoms with E-state index in [-0.39, 0.29) is 18.1 Å². The van der Waals surface area contributed by atoms with Crippen molar-refractivity contribution in [3.63, 3.8) is 0 Å². The van der Waals surface area contributed by atoms with Gasteiger partial charge in [0.2, 0.25) is 5.91 Å². The summed E-state index contributed by atoms with van der Waals surface area (Å²) in [5.74, 6) is -0.129. The van der Waals surface area contributed by atoms with Crippen LogP contribution in [0.5, 0.6) is 0 Å². The van der Waals surface area contributed by atoms with Crippen LogP contribution in [0.4, 0.5) is 5.69 Å². The van der Waals surface area contributed by atoms with Gasteiger partial charge in [0.05, 0.1) is 12.1 Å². The molecule has 1 aliphatic rings. The number of anilines is 1. The summed E-state index contributed by atoms with van der Waals surface area (Å²) in [6, 6.07) is 6.66. The fraction of sp³-hybridized carbons (Fsp3) is 0.462. The van der Waals surface area contributed by atoms with Gasteiger partial charge in [-0.1, -0.05) is 17.7 Å². The molecule has 2 rings (SSSR count). The van der Waals surface area contributed by atoms with Gasteiger partial charge in [-0.3, -0.25) is 4.79 Å². The van der Waals surface area contributed by atoms with Gasteiger partial charge in [-0.15, -0.1) is 0 Å². The molecule has 1 saturated heterocycles. The predicted octanol–water partition coefficient (Wildman–Crippen LogP) is 1.42. The first-order valence-electron chi connectivity index (χ1n) is 5.89. The molecule has 0 bridgehead atoms. The maximum atomic E-state index is 12.3. The lowest BCUT2D eigenvalue weighted by Crippen LogP contribution is -2.66. The van der Waals surface area contributed by atoms with Gasteiger partial charge in [-0.2, -0.15) is 0 Å². The van der Waals surface area contributed by atoms with Gasteiger partial charge in [-0.25, -0.2) is 0 Å². The van der Waals surface area contributed by atoms with E-state index in [1.165, 1.54) is 0 Å². The topological polar surface area (TPSA) is 52.6 Å². The number of carbonyl (C=O) groups is 1. The Hall–Kier alpha value is -1.10. The van der Waals surface area contributed by atoms with Crippen molar-refractivity contribution in [1.29, 1.82) is 0 Å². The summed E-state index contributed by atoms with van der Waals surface area (Å²) in [6.45, 7) is 4.38. The summed E-state index contributed by atoms with van der Waals surface area (Å²) in [4.78, 5) is 14.0. The van der Waals surface area contributed by atoms with E-state index in [1.54, 1.807) is 17.0 Å². The molecule has 0 radical (unpaired) electrons. The maximum absolute atomic E-state index is 12.3. The second-order valence-electron chi connectivity index (χ2n) is 5.08. The molecule has 0 spiro atoms. The van der Waals surface area contributed by atoms with E-state index in [1.807, 2.05) is 26.0 Å². The van der Waals surface area contributed by atoms with Crippen LogP contribution in [0.1, 0.15) is 13.8 Å². The van der Waals surface area contributed by atoms with Crippen molar-refractivity contribution in [2.45, 2.75) is 25.4 Å². The number of piperazine rings is 1. The number of nitrogens with one attached hydrogen (secondary N) is 1. The molecular weight excluding hydrogens is 252 g/mol. The van der Waals surface area contributed by atoms with Crippen LogP contribution in [-0.2, 0) is 4.79 Å². The van der Waals surface area contributed by atoms with Crippen LogP contribution in [0.2, 0.25) is 5.02 Å². The summed E-state index contributed by atoms with van der Waals surface area (Å²) in [6.07, 6.45) is 0. The summed E-state index contributed by atoms with van der Waals surface area (Å²) in [7, 11) is 0. The van der Waals surface area contributed by atoms with Crippen molar-refractivity contribution < 1.29 is 9.90 Å². The van der Waals surface area contributed by atoms with Crippen molar-refractivity contribution in [2.75, 3.05) is 18.1 Å². The minimum Gasteiger partial charge on any atom is -0.394 e. The molecule has 0 aromatic heterocycles. The Labute approximate surface area is 112 Å². The summed E-state index contributed by atoms with van der Waals surface area (Å²) >= 11 is 5.97. The predicted molar refractivity (Wildman–Crippen MR) is 71.9 cm³/mol. The number of hydrogen-bond acceptors (Lipinski definition) is 3. The highest BCUT2D eigenvalue weighted by Gasteiger charge is 2.40. The summed E-state index contributed by atoms with van der Waals surface area (Å²) in [5.41, 5.74) is 0.408. The fourth-order valence-electron chi connectivity index (χ4n) is 2.23. The number of benzene rings is 1. The van der Waals surface area contributed by atoms with Gasteiger partial charge in [0.1, 0.15) is 6.04 Å². The lowest BCUT2D eigenvalue weighted by Gasteiger charge is -2.45. The molecule has 4 nitrogen and oxygen atoms in total. The zero-order chi connectivity index (χ0) is 13.3. The second kappa shape index (κ2) is 4.88. The fourth-order valence-corrected chi connectivity index (χ4v) is 2.41. The molecule has 1 aromatic rings. The van der Waals surface area contributed by atoms with E-state index in [0.29, 0.717) is 11.6 Å². The second-order valence-corrected chi connectivity index (χ2v) is 5.52. The highest BCUT2D eigenvalue weighted by molar-refractivity contribution is 6.31. The van der Waals surface area contributed by atoms with Crippen molar-refractivity contribution in [2.24, 2.45) is 0 Å². The summed E-state index contributed by atoms with van der Waals surface area (Å²) in [5, 5.41) is 12.9. The van der Waals surface area contributed by atoms with Crippen molar-refractivity contribution in [1.82, 2.24) is 5.32 Å². The first-order valence-corrected chi connectivity index (χ1v) is 6.27. The SMILES string of the molecule is CC1(C)CNC(CO)C(=O)N1c1cccc(Cl)c1. The van der Waals surface area contributed by atoms with E-state index in [9.17, 15) is 9.90 Å². The first-order chi connectivity index (χ1) is 8.45. The molecule has 98 valence electrons. The minimum absolute atomic E-state index is 0.129. The highest BCUT2D eigenvalue weighted by atomic mass is 35.5. The van der Waals surface area contributed by atoms with E-state index in [0.717, 1.165) is 5.69 Å². The zero-order valence-corrected chi connectivity index (χ0v) is 11.2. The lowest BCUT2D eigenvalue weighted by atomic mass is 9.96. The Morgan fingerprint density at radius 1 is 1.56 bits per heavy atom. The van der Waals surface area contributed by atoms with Gasteiger partial charge in [0, 0.05) is 17.3 Å². The van der Waals surface area contributed by atoms with Gasteiger partial charge in [0.15, 0.2) is 0 Å². The molecule has 1 unspecified atom stereocenters. The van der Waals surface area contributed by atoms with E-state index < -0.39 is 6.04 Å². The zero-order valence-electron chi connectivity index (χ0n) is 10.5. The number of rotatable bonds is 2. The van der Waals surface area contributed by atoms with E-state index in [2.05, 4.69) is 5.32 Å². The van der Waals surface area contributed by atoms with Crippen LogP contribution in [0, 0.1) is 0 Å². The van der Waals surface area contributed by atoms with Crippen LogP contribution in [-0.4, -0.2) is 35.7 Å². The quantitative estimate of drug-likeness (QED) is 0.853. The molecule has 2 N–H and O–H groups in total. The highest BCUT2D eigenvalue weighted by Crippen LogP contribution is 2.29. The first kappa shape index (κ1) is 13.3. The minimum atomic E-state index is -0.544. The average Bonchev–Trinajstić information content (AvgIpc) is 2.28. The van der Waals surface area contributed by atoms with Gasteiger partial charge < -0.3 is 15.3 Å². The van der Waals surface area contributed by atoms with Crippen molar-refractivity contribution in [3.8, 4) is 0 Å². The van der Waals surface area contributed by atoms with Crippen LogP contribution >= 0.6 is 11.6 Å². The van der Waals surface area contributed by atoms with Crippen LogP contribution in [0.3, 0.4) is 0 Å². The standard InChI is InChI=1S/C13H17ClN2O2/c1-13(2)8-15-11(7-17)12(18)16(13)10-5-3-4-9(14)6-10/h3-6,11,15,17H,7-8H2,1-2H3. The number of carbonyl (C=O) groups excluding carboxylic acids is 1. The Balaban J connectivity index is 2.40. The molecule has 1 amide bonds. The number of amides is 1. The van der Waals surface area contributed by atoms with Crippen LogP contribution in [0.25, 0.3) is 0 Å². The molecule has 5 heteroatoms. The number of aliphatic hydroxyl groups is 1. The third-order valence-corrected chi connectivity index (χ3v) is 3.39.